The van der Waals surface area contributed by atoms with Gasteiger partial charge >= 0.3 is 11.9 Å². The van der Waals surface area contributed by atoms with Crippen LogP contribution in [0.2, 0.25) is 0 Å². The van der Waals surface area contributed by atoms with Crippen molar-refractivity contribution in [1.29, 1.82) is 0 Å². The number of carbonyl (C=O) groups is 2. The number of esters is 2. The smallest absolute Gasteiger partial charge is 0.314 e. The van der Waals surface area contributed by atoms with Crippen molar-refractivity contribution in [2.75, 3.05) is 7.11 Å². The van der Waals surface area contributed by atoms with Gasteiger partial charge in [0.15, 0.2) is 0 Å². The standard InChI is InChI=1S/C15H15NO4S.CH4/c1-3-16-15(10-4-6-11(19-2)7-5-10)21-12-8-13(17)20-14(18)9-12;/h3-7,12H,1,8-9H2,2H3;1H4. The minimum absolute atomic E-state index is 0. The number of benzene rings is 1. The van der Waals surface area contributed by atoms with Crippen molar-refractivity contribution in [2.24, 2.45) is 4.99 Å². The van der Waals surface area contributed by atoms with E-state index >= 15 is 0 Å². The van der Waals surface area contributed by atoms with Crippen LogP contribution in [0.4, 0.5) is 0 Å². The van der Waals surface area contributed by atoms with Crippen LogP contribution in [0.3, 0.4) is 0 Å². The summed E-state index contributed by atoms with van der Waals surface area (Å²) in [4.78, 5) is 26.9. The molecule has 0 saturated carbocycles. The fraction of sp³-hybridized carbons (Fsp3) is 0.312. The van der Waals surface area contributed by atoms with E-state index in [4.69, 9.17) is 4.74 Å². The Kier molecular flexibility index (Phi) is 6.85. The SMILES string of the molecule is C.C=CN=C(SC1CC(=O)OC(=O)C1)c1ccc(OC)cc1. The first-order valence-corrected chi connectivity index (χ1v) is 7.23. The largest absolute Gasteiger partial charge is 0.497 e. The molecule has 0 amide bonds. The number of cyclic esters (lactones) is 2. The molecule has 0 aromatic heterocycles. The van der Waals surface area contributed by atoms with Crippen molar-refractivity contribution in [2.45, 2.75) is 25.5 Å². The van der Waals surface area contributed by atoms with Gasteiger partial charge in [-0.3, -0.25) is 9.59 Å². The quantitative estimate of drug-likeness (QED) is 0.369. The second-order valence-corrected chi connectivity index (χ2v) is 5.63. The van der Waals surface area contributed by atoms with Gasteiger partial charge in [0.1, 0.15) is 10.8 Å². The summed E-state index contributed by atoms with van der Waals surface area (Å²) in [5, 5.41) is 0.541. The maximum absolute atomic E-state index is 11.3. The van der Waals surface area contributed by atoms with Crippen molar-refractivity contribution in [3.63, 3.8) is 0 Å². The van der Waals surface area contributed by atoms with Gasteiger partial charge in [0.05, 0.1) is 20.0 Å². The molecule has 5 nitrogen and oxygen atoms in total. The molecule has 0 unspecified atom stereocenters. The maximum atomic E-state index is 11.3. The number of rotatable bonds is 4. The molecular weight excluding hydrogens is 302 g/mol. The van der Waals surface area contributed by atoms with Crippen molar-refractivity contribution in [3.05, 3.63) is 42.6 Å². The zero-order valence-corrected chi connectivity index (χ0v) is 12.4. The third-order valence-corrected chi connectivity index (χ3v) is 4.07. The number of thioether (sulfide) groups is 1. The molecule has 1 aliphatic rings. The van der Waals surface area contributed by atoms with Gasteiger partial charge in [-0.1, -0.05) is 14.0 Å². The van der Waals surface area contributed by atoms with Crippen LogP contribution < -0.4 is 4.74 Å². The molecule has 22 heavy (non-hydrogen) atoms. The molecule has 0 spiro atoms. The van der Waals surface area contributed by atoms with E-state index < -0.39 is 11.9 Å². The first-order valence-electron chi connectivity index (χ1n) is 6.35. The van der Waals surface area contributed by atoms with E-state index in [0.717, 1.165) is 11.3 Å². The minimum atomic E-state index is -0.489. The first kappa shape index (κ1) is 18.0. The van der Waals surface area contributed by atoms with Gasteiger partial charge < -0.3 is 9.47 Å². The van der Waals surface area contributed by atoms with Gasteiger partial charge in [0.25, 0.3) is 0 Å². The Balaban J connectivity index is 0.00000242. The number of methoxy groups -OCH3 is 1. The van der Waals surface area contributed by atoms with Gasteiger partial charge in [-0.2, -0.15) is 0 Å². The summed E-state index contributed by atoms with van der Waals surface area (Å²) in [5.41, 5.74) is 0.882. The van der Waals surface area contributed by atoms with E-state index in [1.807, 2.05) is 24.3 Å². The average molecular weight is 321 g/mol. The molecule has 0 bridgehead atoms. The number of carbonyl (C=O) groups excluding carboxylic acids is 2. The number of hydrogen-bond acceptors (Lipinski definition) is 6. The van der Waals surface area contributed by atoms with Crippen molar-refractivity contribution >= 4 is 28.7 Å². The third-order valence-electron chi connectivity index (χ3n) is 2.84. The zero-order chi connectivity index (χ0) is 15.2. The molecule has 1 aromatic rings. The van der Waals surface area contributed by atoms with E-state index in [2.05, 4.69) is 16.3 Å². The van der Waals surface area contributed by atoms with Crippen LogP contribution in [0.5, 0.6) is 5.75 Å². The molecule has 0 radical (unpaired) electrons. The van der Waals surface area contributed by atoms with Crippen molar-refractivity contribution < 1.29 is 19.1 Å². The number of hydrogen-bond donors (Lipinski definition) is 0. The second kappa shape index (κ2) is 8.38. The number of nitrogens with zero attached hydrogens (tertiary/aromatic N) is 1. The first-order chi connectivity index (χ1) is 10.1. The van der Waals surface area contributed by atoms with Crippen LogP contribution in [-0.2, 0) is 14.3 Å². The lowest BCUT2D eigenvalue weighted by atomic mass is 10.2. The van der Waals surface area contributed by atoms with E-state index in [-0.39, 0.29) is 25.5 Å². The molecule has 1 heterocycles. The van der Waals surface area contributed by atoms with E-state index in [9.17, 15) is 9.59 Å². The highest BCUT2D eigenvalue weighted by Gasteiger charge is 2.29. The summed E-state index contributed by atoms with van der Waals surface area (Å²) < 4.78 is 9.64. The Bertz CT molecular complexity index is 564. The summed E-state index contributed by atoms with van der Waals surface area (Å²) in [6, 6.07) is 7.40. The molecular formula is C16H19NO4S. The highest BCUT2D eigenvalue weighted by Crippen LogP contribution is 2.28. The summed E-state index contributed by atoms with van der Waals surface area (Å²) in [6.45, 7) is 3.60. The second-order valence-electron chi connectivity index (χ2n) is 4.34. The van der Waals surface area contributed by atoms with E-state index in [1.54, 1.807) is 7.11 Å². The van der Waals surface area contributed by atoms with Crippen LogP contribution >= 0.6 is 11.8 Å². The number of ether oxygens (including phenoxy) is 2. The molecule has 1 aromatic carbocycles. The van der Waals surface area contributed by atoms with Crippen molar-refractivity contribution in [3.8, 4) is 5.75 Å². The summed E-state index contributed by atoms with van der Waals surface area (Å²) in [5.74, 6) is -0.231. The van der Waals surface area contributed by atoms with Crippen LogP contribution in [0.1, 0.15) is 25.8 Å². The van der Waals surface area contributed by atoms with Crippen LogP contribution in [0.25, 0.3) is 0 Å². The average Bonchev–Trinajstić information content (AvgIpc) is 2.46. The molecule has 2 rings (SSSR count). The maximum Gasteiger partial charge on any atom is 0.314 e. The lowest BCUT2D eigenvalue weighted by molar-refractivity contribution is -0.162. The molecule has 6 heteroatoms. The summed E-state index contributed by atoms with van der Waals surface area (Å²) in [6.07, 6.45) is 1.83. The Labute approximate surface area is 134 Å². The van der Waals surface area contributed by atoms with Crippen LogP contribution in [0.15, 0.2) is 42.0 Å². The fourth-order valence-corrected chi connectivity index (χ4v) is 3.05. The lowest BCUT2D eigenvalue weighted by Gasteiger charge is -2.19. The predicted molar refractivity (Wildman–Crippen MR) is 88.2 cm³/mol. The van der Waals surface area contributed by atoms with E-state index in [1.165, 1.54) is 18.0 Å². The van der Waals surface area contributed by atoms with Gasteiger partial charge in [0, 0.05) is 17.0 Å². The zero-order valence-electron chi connectivity index (χ0n) is 11.6. The molecule has 118 valence electrons. The van der Waals surface area contributed by atoms with Gasteiger partial charge in [-0.25, -0.2) is 4.99 Å². The lowest BCUT2D eigenvalue weighted by Crippen LogP contribution is -2.28. The fourth-order valence-electron chi connectivity index (χ4n) is 1.88. The molecule has 0 N–H and O–H groups in total. The van der Waals surface area contributed by atoms with E-state index in [0.29, 0.717) is 5.04 Å². The summed E-state index contributed by atoms with van der Waals surface area (Å²) in [7, 11) is 1.60. The Morgan fingerprint density at radius 1 is 1.32 bits per heavy atom. The Hall–Kier alpha value is -2.08. The Morgan fingerprint density at radius 2 is 1.91 bits per heavy atom. The molecule has 1 saturated heterocycles. The Morgan fingerprint density at radius 3 is 2.41 bits per heavy atom. The monoisotopic (exact) mass is 321 g/mol. The van der Waals surface area contributed by atoms with Crippen molar-refractivity contribution in [1.82, 2.24) is 0 Å². The number of aliphatic imine (C=N–C) groups is 1. The van der Waals surface area contributed by atoms with Crippen LogP contribution in [0, 0.1) is 0 Å². The van der Waals surface area contributed by atoms with Gasteiger partial charge in [-0.05, 0) is 24.3 Å². The van der Waals surface area contributed by atoms with Gasteiger partial charge in [-0.15, -0.1) is 11.8 Å². The highest BCUT2D eigenvalue weighted by atomic mass is 32.2. The predicted octanol–water partition coefficient (Wildman–Crippen LogP) is 3.19. The van der Waals surface area contributed by atoms with Crippen LogP contribution in [-0.4, -0.2) is 29.3 Å². The molecule has 0 atom stereocenters. The third kappa shape index (κ3) is 4.73. The topological polar surface area (TPSA) is 65.0 Å². The normalized spacial score (nSPS) is 15.8. The molecule has 0 aliphatic carbocycles. The minimum Gasteiger partial charge on any atom is -0.497 e. The molecule has 1 fully saturated rings. The summed E-state index contributed by atoms with van der Waals surface area (Å²) >= 11 is 1.38. The molecule has 1 aliphatic heterocycles. The highest BCUT2D eigenvalue weighted by molar-refractivity contribution is 8.15. The van der Waals surface area contributed by atoms with Gasteiger partial charge in [0.2, 0.25) is 0 Å².